The summed E-state index contributed by atoms with van der Waals surface area (Å²) in [5.74, 6) is 1.08. The van der Waals surface area contributed by atoms with Crippen LogP contribution in [-0.4, -0.2) is 42.7 Å². The molecular formula is C15H21N5O. The maximum Gasteiger partial charge on any atom is 0.323 e. The van der Waals surface area contributed by atoms with E-state index in [1.807, 2.05) is 37.2 Å². The van der Waals surface area contributed by atoms with E-state index in [0.717, 1.165) is 12.8 Å². The van der Waals surface area contributed by atoms with E-state index < -0.39 is 0 Å². The molecule has 0 radical (unpaired) electrons. The fourth-order valence-electron chi connectivity index (χ4n) is 1.81. The first kappa shape index (κ1) is 15.0. The molecule has 0 fully saturated rings. The fraction of sp³-hybridized carbons (Fsp3) is 0.400. The molecule has 0 aliphatic heterocycles. The van der Waals surface area contributed by atoms with Crippen molar-refractivity contribution in [2.75, 3.05) is 38.0 Å². The van der Waals surface area contributed by atoms with Gasteiger partial charge in [-0.25, -0.2) is 0 Å². The van der Waals surface area contributed by atoms with Crippen LogP contribution in [0.3, 0.4) is 0 Å². The van der Waals surface area contributed by atoms with Gasteiger partial charge < -0.3 is 15.0 Å². The minimum absolute atomic E-state index is 0.353. The highest BCUT2D eigenvalue weighted by molar-refractivity contribution is 5.36. The summed E-state index contributed by atoms with van der Waals surface area (Å²) in [7, 11) is 5.54. The van der Waals surface area contributed by atoms with Crippen LogP contribution >= 0.6 is 0 Å². The quantitative estimate of drug-likeness (QED) is 0.786. The summed E-state index contributed by atoms with van der Waals surface area (Å²) in [6.45, 7) is 0.578. The van der Waals surface area contributed by atoms with Crippen molar-refractivity contribution >= 4 is 11.9 Å². The molecule has 0 saturated carbocycles. The van der Waals surface area contributed by atoms with Gasteiger partial charge in [0, 0.05) is 21.1 Å². The van der Waals surface area contributed by atoms with Gasteiger partial charge in [-0.05, 0) is 18.4 Å². The number of hydrogen-bond acceptors (Lipinski definition) is 6. The minimum Gasteiger partial charge on any atom is -0.463 e. The fourth-order valence-corrected chi connectivity index (χ4v) is 1.81. The second kappa shape index (κ2) is 7.42. The van der Waals surface area contributed by atoms with Crippen molar-refractivity contribution in [3.8, 4) is 6.01 Å². The zero-order chi connectivity index (χ0) is 15.1. The van der Waals surface area contributed by atoms with Gasteiger partial charge in [0.25, 0.3) is 0 Å². The van der Waals surface area contributed by atoms with Gasteiger partial charge in [0.1, 0.15) is 0 Å². The average Bonchev–Trinajstić information content (AvgIpc) is 2.52. The van der Waals surface area contributed by atoms with Crippen LogP contribution in [0.15, 0.2) is 30.3 Å². The molecule has 2 aromatic rings. The maximum atomic E-state index is 5.63. The van der Waals surface area contributed by atoms with Gasteiger partial charge in [-0.3, -0.25) is 0 Å². The Morgan fingerprint density at radius 1 is 1.10 bits per heavy atom. The molecule has 112 valence electrons. The number of aromatic nitrogens is 3. The third-order valence-corrected chi connectivity index (χ3v) is 2.91. The number of anilines is 2. The van der Waals surface area contributed by atoms with E-state index in [1.54, 1.807) is 7.05 Å². The Morgan fingerprint density at radius 2 is 1.86 bits per heavy atom. The van der Waals surface area contributed by atoms with E-state index in [9.17, 15) is 0 Å². The molecule has 0 amide bonds. The predicted octanol–water partition coefficient (Wildman–Crippen LogP) is 1.99. The molecule has 2 rings (SSSR count). The highest BCUT2D eigenvalue weighted by Gasteiger charge is 2.08. The highest BCUT2D eigenvalue weighted by Crippen LogP contribution is 2.13. The number of nitrogens with one attached hydrogen (secondary N) is 1. The first-order valence-corrected chi connectivity index (χ1v) is 6.97. The van der Waals surface area contributed by atoms with Crippen LogP contribution < -0.4 is 15.0 Å². The minimum atomic E-state index is 0.353. The van der Waals surface area contributed by atoms with Crippen LogP contribution in [-0.2, 0) is 6.42 Å². The molecule has 1 aromatic carbocycles. The van der Waals surface area contributed by atoms with Crippen molar-refractivity contribution in [1.82, 2.24) is 15.0 Å². The summed E-state index contributed by atoms with van der Waals surface area (Å²) in [5.41, 5.74) is 1.31. The SMILES string of the molecule is CNc1nc(OCCCc2ccccc2)nc(N(C)C)n1. The Balaban J connectivity index is 1.89. The normalized spacial score (nSPS) is 10.2. The van der Waals surface area contributed by atoms with Crippen molar-refractivity contribution < 1.29 is 4.74 Å². The van der Waals surface area contributed by atoms with Crippen molar-refractivity contribution in [1.29, 1.82) is 0 Å². The first-order chi connectivity index (χ1) is 10.2. The van der Waals surface area contributed by atoms with Crippen LogP contribution in [0.4, 0.5) is 11.9 Å². The molecule has 0 aliphatic rings. The van der Waals surface area contributed by atoms with Crippen molar-refractivity contribution in [3.63, 3.8) is 0 Å². The molecule has 0 aliphatic carbocycles. The molecule has 0 bridgehead atoms. The standard InChI is InChI=1S/C15H21N5O/c1-16-13-17-14(20(2)3)19-15(18-13)21-11-7-10-12-8-5-4-6-9-12/h4-6,8-9H,7,10-11H2,1-3H3,(H,16,17,18,19). The summed E-state index contributed by atoms with van der Waals surface area (Å²) >= 11 is 0. The Morgan fingerprint density at radius 3 is 2.52 bits per heavy atom. The lowest BCUT2D eigenvalue weighted by molar-refractivity contribution is 0.286. The van der Waals surface area contributed by atoms with Crippen LogP contribution in [0.1, 0.15) is 12.0 Å². The topological polar surface area (TPSA) is 63.2 Å². The number of hydrogen-bond donors (Lipinski definition) is 1. The number of ether oxygens (including phenoxy) is 1. The van der Waals surface area contributed by atoms with Crippen LogP contribution in [0.2, 0.25) is 0 Å². The van der Waals surface area contributed by atoms with E-state index in [2.05, 4.69) is 32.4 Å². The second-order valence-corrected chi connectivity index (χ2v) is 4.82. The zero-order valence-electron chi connectivity index (χ0n) is 12.7. The second-order valence-electron chi connectivity index (χ2n) is 4.82. The lowest BCUT2D eigenvalue weighted by Gasteiger charge is -2.12. The largest absolute Gasteiger partial charge is 0.463 e. The highest BCUT2D eigenvalue weighted by atomic mass is 16.5. The van der Waals surface area contributed by atoms with Crippen molar-refractivity contribution in [2.45, 2.75) is 12.8 Å². The van der Waals surface area contributed by atoms with E-state index >= 15 is 0 Å². The molecule has 1 N–H and O–H groups in total. The van der Waals surface area contributed by atoms with Gasteiger partial charge in [0.15, 0.2) is 0 Å². The molecule has 0 atom stereocenters. The lowest BCUT2D eigenvalue weighted by atomic mass is 10.1. The summed E-state index contributed by atoms with van der Waals surface area (Å²) in [5, 5.41) is 2.91. The van der Waals surface area contributed by atoms with E-state index in [1.165, 1.54) is 5.56 Å². The van der Waals surface area contributed by atoms with Gasteiger partial charge in [-0.15, -0.1) is 0 Å². The third-order valence-electron chi connectivity index (χ3n) is 2.91. The zero-order valence-corrected chi connectivity index (χ0v) is 12.7. The third kappa shape index (κ3) is 4.59. The summed E-state index contributed by atoms with van der Waals surface area (Å²) in [6.07, 6.45) is 1.90. The Hall–Kier alpha value is -2.37. The smallest absolute Gasteiger partial charge is 0.323 e. The monoisotopic (exact) mass is 287 g/mol. The molecule has 21 heavy (non-hydrogen) atoms. The number of aryl methyl sites for hydroxylation is 1. The van der Waals surface area contributed by atoms with E-state index in [0.29, 0.717) is 24.5 Å². The number of nitrogens with zero attached hydrogens (tertiary/aromatic N) is 4. The summed E-state index contributed by atoms with van der Waals surface area (Å²) in [4.78, 5) is 14.5. The van der Waals surface area contributed by atoms with E-state index in [-0.39, 0.29) is 0 Å². The predicted molar refractivity (Wildman–Crippen MR) is 84.0 cm³/mol. The lowest BCUT2D eigenvalue weighted by Crippen LogP contribution is -2.15. The molecule has 0 unspecified atom stereocenters. The molecule has 1 aromatic heterocycles. The number of benzene rings is 1. The number of rotatable bonds is 7. The van der Waals surface area contributed by atoms with Crippen LogP contribution in [0, 0.1) is 0 Å². The first-order valence-electron chi connectivity index (χ1n) is 6.97. The molecule has 6 nitrogen and oxygen atoms in total. The average molecular weight is 287 g/mol. The Labute approximate surface area is 125 Å². The molecular weight excluding hydrogens is 266 g/mol. The van der Waals surface area contributed by atoms with Crippen LogP contribution in [0.25, 0.3) is 0 Å². The van der Waals surface area contributed by atoms with E-state index in [4.69, 9.17) is 4.74 Å². The maximum absolute atomic E-state index is 5.63. The summed E-state index contributed by atoms with van der Waals surface area (Å²) < 4.78 is 5.63. The molecule has 1 heterocycles. The summed E-state index contributed by atoms with van der Waals surface area (Å²) in [6, 6.07) is 10.7. The van der Waals surface area contributed by atoms with Crippen LogP contribution in [0.5, 0.6) is 6.01 Å². The van der Waals surface area contributed by atoms with Crippen molar-refractivity contribution in [3.05, 3.63) is 35.9 Å². The Bertz CT molecular complexity index is 559. The molecule has 0 saturated heterocycles. The van der Waals surface area contributed by atoms with Crippen molar-refractivity contribution in [2.24, 2.45) is 0 Å². The molecule has 0 spiro atoms. The van der Waals surface area contributed by atoms with Gasteiger partial charge in [-0.1, -0.05) is 30.3 Å². The van der Waals surface area contributed by atoms with Gasteiger partial charge in [0.05, 0.1) is 6.61 Å². The molecule has 6 heteroatoms. The van der Waals surface area contributed by atoms with Gasteiger partial charge in [-0.2, -0.15) is 15.0 Å². The van der Waals surface area contributed by atoms with Gasteiger partial charge >= 0.3 is 6.01 Å². The Kier molecular flexibility index (Phi) is 5.31. The van der Waals surface area contributed by atoms with Gasteiger partial charge in [0.2, 0.25) is 11.9 Å².